The van der Waals surface area contributed by atoms with E-state index in [2.05, 4.69) is 42.3 Å². The molecule has 3 aromatic rings. The van der Waals surface area contributed by atoms with Gasteiger partial charge in [0.05, 0.1) is 17.5 Å². The Bertz CT molecular complexity index is 877. The summed E-state index contributed by atoms with van der Waals surface area (Å²) in [6, 6.07) is 7.96. The van der Waals surface area contributed by atoms with E-state index in [1.54, 1.807) is 13.0 Å². The third-order valence-electron chi connectivity index (χ3n) is 3.76. The molecule has 0 saturated heterocycles. The fraction of sp³-hybridized carbons (Fsp3) is 0.222. The van der Waals surface area contributed by atoms with Crippen molar-refractivity contribution in [2.24, 2.45) is 0 Å². The van der Waals surface area contributed by atoms with Crippen molar-refractivity contribution in [3.8, 4) is 11.3 Å². The van der Waals surface area contributed by atoms with Gasteiger partial charge >= 0.3 is 0 Å². The van der Waals surface area contributed by atoms with Gasteiger partial charge in [-0.15, -0.1) is 11.3 Å². The lowest BCUT2D eigenvalue weighted by molar-refractivity contribution is 0.102. The van der Waals surface area contributed by atoms with Crippen LogP contribution < -0.4 is 5.32 Å². The van der Waals surface area contributed by atoms with Gasteiger partial charge in [0.1, 0.15) is 5.76 Å². The van der Waals surface area contributed by atoms with Gasteiger partial charge in [-0.25, -0.2) is 4.98 Å². The fourth-order valence-corrected chi connectivity index (χ4v) is 3.39. The smallest absolute Gasteiger partial charge is 0.260 e. The highest BCUT2D eigenvalue weighted by atomic mass is 32.1. The molecule has 1 aromatic carbocycles. The molecule has 0 fully saturated rings. The standard InChI is InChI=1S/C18H18N2O2S/c1-10-5-6-14(11(2)9-10)16-13(4)23-18(19-16)20-17(21)15-7-8-22-12(15)3/h5-9H,1-4H3,(H,19,20,21). The zero-order valence-electron chi connectivity index (χ0n) is 13.6. The molecule has 1 amide bonds. The zero-order valence-corrected chi connectivity index (χ0v) is 14.4. The van der Waals surface area contributed by atoms with Gasteiger partial charge in [-0.3, -0.25) is 10.1 Å². The van der Waals surface area contributed by atoms with Crippen LogP contribution in [0.1, 0.15) is 32.1 Å². The van der Waals surface area contributed by atoms with Gasteiger partial charge in [0.15, 0.2) is 5.13 Å². The van der Waals surface area contributed by atoms with Gasteiger partial charge in [-0.2, -0.15) is 0 Å². The first-order chi connectivity index (χ1) is 11.0. The summed E-state index contributed by atoms with van der Waals surface area (Å²) in [5, 5.41) is 3.46. The van der Waals surface area contributed by atoms with Gasteiger partial charge in [0, 0.05) is 10.4 Å². The number of anilines is 1. The molecule has 0 spiro atoms. The number of carbonyl (C=O) groups is 1. The normalized spacial score (nSPS) is 10.8. The molecule has 4 nitrogen and oxygen atoms in total. The number of furan rings is 1. The molecule has 2 aromatic heterocycles. The van der Waals surface area contributed by atoms with E-state index in [9.17, 15) is 4.79 Å². The maximum absolute atomic E-state index is 12.3. The Morgan fingerprint density at radius 2 is 1.96 bits per heavy atom. The Morgan fingerprint density at radius 3 is 2.61 bits per heavy atom. The molecular formula is C18H18N2O2S. The summed E-state index contributed by atoms with van der Waals surface area (Å²) in [5.41, 5.74) is 4.96. The second kappa shape index (κ2) is 6.01. The number of carbonyl (C=O) groups excluding carboxylic acids is 1. The van der Waals surface area contributed by atoms with Crippen molar-refractivity contribution < 1.29 is 9.21 Å². The number of aryl methyl sites for hydroxylation is 4. The Labute approximate surface area is 139 Å². The number of nitrogens with one attached hydrogen (secondary N) is 1. The molecule has 0 aliphatic heterocycles. The van der Waals surface area contributed by atoms with E-state index in [1.165, 1.54) is 28.7 Å². The molecule has 0 radical (unpaired) electrons. The number of rotatable bonds is 3. The molecule has 3 rings (SSSR count). The van der Waals surface area contributed by atoms with Gasteiger partial charge in [-0.05, 0) is 39.3 Å². The number of thiazole rings is 1. The Balaban J connectivity index is 1.89. The second-order valence-electron chi connectivity index (χ2n) is 5.59. The lowest BCUT2D eigenvalue weighted by Crippen LogP contribution is -2.11. The van der Waals surface area contributed by atoms with E-state index in [0.29, 0.717) is 16.5 Å². The highest BCUT2D eigenvalue weighted by Crippen LogP contribution is 2.32. The number of amides is 1. The molecule has 2 heterocycles. The summed E-state index contributed by atoms with van der Waals surface area (Å²) in [6.45, 7) is 7.94. The number of aromatic nitrogens is 1. The van der Waals surface area contributed by atoms with Crippen LogP contribution in [-0.2, 0) is 0 Å². The van der Waals surface area contributed by atoms with Gasteiger partial charge in [0.2, 0.25) is 0 Å². The van der Waals surface area contributed by atoms with Crippen LogP contribution >= 0.6 is 11.3 Å². The molecule has 0 aliphatic carbocycles. The van der Waals surface area contributed by atoms with Crippen molar-refractivity contribution in [2.75, 3.05) is 5.32 Å². The maximum Gasteiger partial charge on any atom is 0.260 e. The van der Waals surface area contributed by atoms with Crippen LogP contribution in [0.25, 0.3) is 11.3 Å². The quantitative estimate of drug-likeness (QED) is 0.745. The zero-order chi connectivity index (χ0) is 16.6. The molecule has 0 bridgehead atoms. The first-order valence-corrected chi connectivity index (χ1v) is 8.18. The molecule has 5 heteroatoms. The summed E-state index contributed by atoms with van der Waals surface area (Å²) >= 11 is 1.48. The minimum absolute atomic E-state index is 0.197. The number of hydrogen-bond donors (Lipinski definition) is 1. The molecule has 0 atom stereocenters. The van der Waals surface area contributed by atoms with Crippen LogP contribution in [0.3, 0.4) is 0 Å². The predicted molar refractivity (Wildman–Crippen MR) is 93.2 cm³/mol. The molecule has 118 valence electrons. The van der Waals surface area contributed by atoms with E-state index in [4.69, 9.17) is 4.42 Å². The van der Waals surface area contributed by atoms with Crippen molar-refractivity contribution in [1.82, 2.24) is 4.98 Å². The minimum atomic E-state index is -0.197. The summed E-state index contributed by atoms with van der Waals surface area (Å²) < 4.78 is 5.17. The van der Waals surface area contributed by atoms with Gasteiger partial charge in [-0.1, -0.05) is 23.8 Å². The number of benzene rings is 1. The van der Waals surface area contributed by atoms with Crippen LogP contribution in [0, 0.1) is 27.7 Å². The van der Waals surface area contributed by atoms with Crippen molar-refractivity contribution in [1.29, 1.82) is 0 Å². The Hall–Kier alpha value is -2.40. The predicted octanol–water partition coefficient (Wildman–Crippen LogP) is 4.89. The highest BCUT2D eigenvalue weighted by Gasteiger charge is 2.16. The lowest BCUT2D eigenvalue weighted by atomic mass is 10.0. The molecule has 23 heavy (non-hydrogen) atoms. The third kappa shape index (κ3) is 3.05. The monoisotopic (exact) mass is 326 g/mol. The van der Waals surface area contributed by atoms with Crippen LogP contribution in [-0.4, -0.2) is 10.9 Å². The van der Waals surface area contributed by atoms with Crippen molar-refractivity contribution in [3.05, 3.63) is 57.9 Å². The molecular weight excluding hydrogens is 308 g/mol. The van der Waals surface area contributed by atoms with Gasteiger partial charge < -0.3 is 4.42 Å². The summed E-state index contributed by atoms with van der Waals surface area (Å²) in [4.78, 5) is 17.9. The first-order valence-electron chi connectivity index (χ1n) is 7.36. The van der Waals surface area contributed by atoms with Gasteiger partial charge in [0.25, 0.3) is 5.91 Å². The largest absolute Gasteiger partial charge is 0.469 e. The summed E-state index contributed by atoms with van der Waals surface area (Å²) in [5.74, 6) is 0.405. The van der Waals surface area contributed by atoms with Crippen LogP contribution in [0.15, 0.2) is 34.9 Å². The number of hydrogen-bond acceptors (Lipinski definition) is 4. The van der Waals surface area contributed by atoms with Crippen molar-refractivity contribution in [2.45, 2.75) is 27.7 Å². The average Bonchev–Trinajstić information content (AvgIpc) is 3.05. The SMILES string of the molecule is Cc1ccc(-c2nc(NC(=O)c3ccoc3C)sc2C)c(C)c1. The second-order valence-corrected chi connectivity index (χ2v) is 6.79. The van der Waals surface area contributed by atoms with E-state index in [1.807, 2.05) is 6.92 Å². The topological polar surface area (TPSA) is 55.1 Å². The Kier molecular flexibility index (Phi) is 4.05. The van der Waals surface area contributed by atoms with E-state index in [-0.39, 0.29) is 5.91 Å². The lowest BCUT2D eigenvalue weighted by Gasteiger charge is -2.05. The molecule has 0 unspecified atom stereocenters. The van der Waals surface area contributed by atoms with E-state index in [0.717, 1.165) is 16.1 Å². The Morgan fingerprint density at radius 1 is 1.17 bits per heavy atom. The van der Waals surface area contributed by atoms with Crippen molar-refractivity contribution >= 4 is 22.4 Å². The number of nitrogens with zero attached hydrogens (tertiary/aromatic N) is 1. The molecule has 0 aliphatic rings. The summed E-state index contributed by atoms with van der Waals surface area (Å²) in [7, 11) is 0. The minimum Gasteiger partial charge on any atom is -0.469 e. The van der Waals surface area contributed by atoms with Crippen LogP contribution in [0.4, 0.5) is 5.13 Å². The summed E-state index contributed by atoms with van der Waals surface area (Å²) in [6.07, 6.45) is 1.51. The van der Waals surface area contributed by atoms with Crippen molar-refractivity contribution in [3.63, 3.8) is 0 Å². The van der Waals surface area contributed by atoms with Crippen LogP contribution in [0.5, 0.6) is 0 Å². The third-order valence-corrected chi connectivity index (χ3v) is 4.64. The molecule has 0 saturated carbocycles. The van der Waals surface area contributed by atoms with Crippen LogP contribution in [0.2, 0.25) is 0 Å². The first kappa shape index (κ1) is 15.5. The van der Waals surface area contributed by atoms with E-state index >= 15 is 0 Å². The average molecular weight is 326 g/mol. The van der Waals surface area contributed by atoms with E-state index < -0.39 is 0 Å². The highest BCUT2D eigenvalue weighted by molar-refractivity contribution is 7.16. The maximum atomic E-state index is 12.3. The molecule has 1 N–H and O–H groups in total. The fourth-order valence-electron chi connectivity index (χ4n) is 2.56.